The molecule has 0 aromatic heterocycles. The quantitative estimate of drug-likeness (QED) is 0.0604. The van der Waals surface area contributed by atoms with Gasteiger partial charge in [0.2, 0.25) is 0 Å². The molecule has 320 valence electrons. The number of hydrogen-bond acceptors (Lipinski definition) is 37. The summed E-state index contributed by atoms with van der Waals surface area (Å²) in [6.45, 7) is 0. The third kappa shape index (κ3) is 29.3. The number of rotatable bonds is 24. The van der Waals surface area contributed by atoms with Crippen molar-refractivity contribution in [3.05, 3.63) is 0 Å². The van der Waals surface area contributed by atoms with Crippen LogP contribution in [0, 0.1) is 0 Å². The Morgan fingerprint density at radius 1 is 0.259 bits per heavy atom. The van der Waals surface area contributed by atoms with Gasteiger partial charge in [0.15, 0.2) is 0 Å². The van der Waals surface area contributed by atoms with E-state index in [1.54, 1.807) is 0 Å². The summed E-state index contributed by atoms with van der Waals surface area (Å²) in [5.74, 6) is 0. The molecule has 40 nitrogen and oxygen atoms in total. The van der Waals surface area contributed by atoms with E-state index in [-0.39, 0.29) is 26.2 Å². The number of hydrogen-bond donors (Lipinski definition) is 3. The zero-order valence-corrected chi connectivity index (χ0v) is 49.7. The van der Waals surface area contributed by atoms with E-state index in [1.165, 1.54) is 0 Å². The maximum Gasteiger partial charge on any atom is 4.00 e. The average molecular weight is 1920 g/mol. The van der Waals surface area contributed by atoms with E-state index in [0.29, 0.717) is 0 Å². The summed E-state index contributed by atoms with van der Waals surface area (Å²) in [5, 5.41) is 0. The van der Waals surface area contributed by atoms with Crippen LogP contribution in [0.1, 0.15) is 0 Å². The molecule has 0 bridgehead atoms. The molecule has 0 spiro atoms. The molecule has 0 amide bonds. The first kappa shape index (κ1) is 60.1. The van der Waals surface area contributed by atoms with Gasteiger partial charge in [0.1, 0.15) is 0 Å². The Labute approximate surface area is 353 Å². The number of phosphoric acid groups is 1. The second-order valence-corrected chi connectivity index (χ2v) is 56.1. The van der Waals surface area contributed by atoms with Gasteiger partial charge in [0, 0.05) is 0 Å². The molecule has 0 aliphatic rings. The van der Waals surface area contributed by atoms with Crippen molar-refractivity contribution >= 4 is 7.82 Å². The Bertz CT molecular complexity index is 2510. The van der Waals surface area contributed by atoms with Gasteiger partial charge in [-0.25, -0.2) is 0 Å². The predicted octanol–water partition coefficient (Wildman–Crippen LogP) is -4.63. The van der Waals surface area contributed by atoms with E-state index in [1.807, 2.05) is 0 Å². The molecule has 0 unspecified atom stereocenters. The summed E-state index contributed by atoms with van der Waals surface area (Å²) in [6, 6.07) is 0. The van der Waals surface area contributed by atoms with Crippen molar-refractivity contribution in [1.29, 1.82) is 0 Å². The van der Waals surface area contributed by atoms with Crippen LogP contribution in [0.4, 0.5) is 0 Å². The van der Waals surface area contributed by atoms with Gasteiger partial charge in [-0.3, -0.25) is 0 Å². The molecule has 0 saturated carbocycles. The largest absolute Gasteiger partial charge is 4.00 e. The average Bonchev–Trinajstić information content (AvgIpc) is 2.58. The smallest absolute Gasteiger partial charge is 4.00 e. The third-order valence-electron chi connectivity index (χ3n) is 2.06. The molecular weight excluding hydrogens is 1910 g/mol. The minimum absolute atomic E-state index is 0. The van der Waals surface area contributed by atoms with Crippen molar-refractivity contribution in [3.63, 3.8) is 0 Å². The van der Waals surface area contributed by atoms with Crippen molar-refractivity contribution in [3.8, 4) is 0 Å². The van der Waals surface area contributed by atoms with Crippen molar-refractivity contribution in [1.82, 2.24) is 0 Å². The Kier molecular flexibility index (Phi) is 22.5. The van der Waals surface area contributed by atoms with Gasteiger partial charge < -0.3 is 0 Å². The predicted molar refractivity (Wildman–Crippen MR) is 43.8 cm³/mol. The standard InChI is InChI=1S/12Mo.H3O4P.3H2O.33O.Zr/c;;;;;;;;;;;;1-5(2,3)4;;;;;;;;;;;;;;;;;;;;;;;;;;;;;;;;;;;;;/h;;;;;;;;;;;;(H3,1,2,3,4);3*1H2;;;;;;;;;;;;;;;;;;;;;;;;;;;;;;;;;;/q;;;;;;6*+1;;;;;;;;;;;;;;;;;;;;;;;;;;;;;;;;;;;;;;+4/p-6. The van der Waals surface area contributed by atoms with Gasteiger partial charge >= 0.3 is 360 Å². The summed E-state index contributed by atoms with van der Waals surface area (Å²) >= 11 is -97.4. The molecule has 0 atom stereocenters. The van der Waals surface area contributed by atoms with E-state index in [4.69, 9.17) is 11.3 Å². The molecular formula is H3Mo12O40PZr+4. The van der Waals surface area contributed by atoms with E-state index in [0.717, 1.165) is 0 Å². The fraction of sp³-hybridized carbons (Fsp3) is 0. The molecule has 0 aliphatic carbocycles. The van der Waals surface area contributed by atoms with Crippen LogP contribution in [-0.4, -0.2) is 11.3 Å². The van der Waals surface area contributed by atoms with E-state index in [2.05, 4.69) is 27.9 Å². The van der Waals surface area contributed by atoms with Crippen LogP contribution in [-0.2, 0) is 341 Å². The van der Waals surface area contributed by atoms with Gasteiger partial charge in [-0.05, 0) is 0 Å². The Balaban J connectivity index is 0. The molecule has 0 aliphatic heterocycles. The van der Waals surface area contributed by atoms with Crippen molar-refractivity contribution in [2.75, 3.05) is 0 Å². The fourth-order valence-corrected chi connectivity index (χ4v) is 60.4. The monoisotopic (exact) mass is 1940 g/mol. The molecule has 54 heavy (non-hydrogen) atoms. The van der Waals surface area contributed by atoms with Crippen LogP contribution in [0.25, 0.3) is 0 Å². The Morgan fingerprint density at radius 3 is 0.537 bits per heavy atom. The van der Waals surface area contributed by atoms with Gasteiger partial charge in [0.05, 0.1) is 0 Å². The first-order valence-corrected chi connectivity index (χ1v) is 49.8. The van der Waals surface area contributed by atoms with Gasteiger partial charge in [-0.15, -0.1) is 0 Å². The van der Waals surface area contributed by atoms with Gasteiger partial charge in [0.25, 0.3) is 0 Å². The molecule has 0 aromatic rings. The van der Waals surface area contributed by atoms with E-state index < -0.39 is 209 Å². The molecule has 0 radical (unpaired) electrons. The minimum Gasteiger partial charge on any atom is 4.00 e. The first-order valence-electron chi connectivity index (χ1n) is 8.78. The summed E-state index contributed by atoms with van der Waals surface area (Å²) in [5.41, 5.74) is 0. The van der Waals surface area contributed by atoms with Crippen molar-refractivity contribution in [2.45, 2.75) is 0 Å². The van der Waals surface area contributed by atoms with E-state index in [9.17, 15) is 86.1 Å². The van der Waals surface area contributed by atoms with Crippen LogP contribution in [0.3, 0.4) is 0 Å². The maximum atomic E-state index is 12.8. The second kappa shape index (κ2) is 20.2. The van der Waals surface area contributed by atoms with Crippen LogP contribution < -0.4 is 0 Å². The normalized spacial score (nSPS) is 15.3. The first-order chi connectivity index (χ1) is 22.5. The molecule has 0 heterocycles. The zero-order valence-electron chi connectivity index (χ0n) is 22.3. The Morgan fingerprint density at radius 2 is 0.389 bits per heavy atom. The molecule has 0 rings (SSSR count). The molecule has 0 aromatic carbocycles. The summed E-state index contributed by atoms with van der Waals surface area (Å²) in [7, 11) is -7.91. The Hall–Kier alpha value is 3.97. The zero-order chi connectivity index (χ0) is 43.0. The molecule has 3 N–H and O–H groups in total. The minimum atomic E-state index is -8.79. The van der Waals surface area contributed by atoms with Crippen molar-refractivity contribution < 1.29 is 352 Å². The summed E-state index contributed by atoms with van der Waals surface area (Å²) in [6.07, 6.45) is 0. The van der Waals surface area contributed by atoms with Crippen LogP contribution in [0.2, 0.25) is 0 Å². The van der Waals surface area contributed by atoms with Gasteiger partial charge in [-0.2, -0.15) is 0 Å². The second-order valence-electron chi connectivity index (χ2n) is 6.24. The topological polar surface area (TPSA) is 598 Å². The molecule has 54 heteroatoms. The molecule has 0 saturated heterocycles. The van der Waals surface area contributed by atoms with E-state index >= 15 is 0 Å². The van der Waals surface area contributed by atoms with Crippen LogP contribution >= 0.6 is 7.82 Å². The SMILES string of the molecule is O=P([O][Mo](=[O])(=[O])[O][Mo](=[O])(=[O])[O][Mo](=[O])(=[O])[O][Mo](=[O])(=[O])[OH])([O][Mo](=[O])(=[O])[O][Mo](=[O])(=[O])[O][Mo](=[O])(=[O])[O][Mo](=[O])(=[O])[OH])[O][Mo](=[O])(=[O])[O][Mo](=[O])(=[O])[O][Mo](=[O])(=[O])[O][Mo](=[O])(=[O])[OH].[Zr+4]. The summed E-state index contributed by atoms with van der Waals surface area (Å²) < 4.78 is 347. The molecule has 0 fully saturated rings. The van der Waals surface area contributed by atoms with Crippen LogP contribution in [0.15, 0.2) is 0 Å². The maximum absolute atomic E-state index is 12.8. The summed E-state index contributed by atoms with van der Waals surface area (Å²) in [4.78, 5) is 0. The fourth-order valence-electron chi connectivity index (χ4n) is 1.41. The van der Waals surface area contributed by atoms with Crippen molar-refractivity contribution in [2.24, 2.45) is 0 Å². The van der Waals surface area contributed by atoms with Gasteiger partial charge in [-0.1, -0.05) is 0 Å². The third-order valence-corrected chi connectivity index (χ3v) is 62.5. The van der Waals surface area contributed by atoms with Crippen LogP contribution in [0.5, 0.6) is 0 Å².